The molecule has 176 valence electrons. The lowest BCUT2D eigenvalue weighted by atomic mass is 10.1. The molecule has 6 heterocycles. The molecule has 0 atom stereocenters. The Kier molecular flexibility index (Phi) is 5.09. The summed E-state index contributed by atoms with van der Waals surface area (Å²) in [6.45, 7) is 5.71. The van der Waals surface area contributed by atoms with Crippen molar-refractivity contribution in [3.63, 3.8) is 0 Å². The van der Waals surface area contributed by atoms with Crippen LogP contribution in [0.25, 0.3) is 11.3 Å². The Labute approximate surface area is 192 Å². The van der Waals surface area contributed by atoms with Crippen LogP contribution in [0.3, 0.4) is 0 Å². The third kappa shape index (κ3) is 3.59. The van der Waals surface area contributed by atoms with Gasteiger partial charge in [-0.05, 0) is 12.8 Å². The molecule has 4 aliphatic rings. The van der Waals surface area contributed by atoms with Crippen molar-refractivity contribution in [1.82, 2.24) is 28.5 Å². The van der Waals surface area contributed by atoms with E-state index in [2.05, 4.69) is 19.8 Å². The van der Waals surface area contributed by atoms with Gasteiger partial charge in [-0.15, -0.1) is 0 Å². The number of nitrogens with two attached hydrogens (primary N) is 1. The lowest BCUT2D eigenvalue weighted by Crippen LogP contribution is -2.64. The molecule has 4 aliphatic heterocycles. The van der Waals surface area contributed by atoms with E-state index in [0.717, 1.165) is 55.1 Å². The molecule has 13 heteroatoms. The first-order valence-corrected chi connectivity index (χ1v) is 12.7. The molecule has 0 aliphatic carbocycles. The Balaban J connectivity index is 1.31. The van der Waals surface area contributed by atoms with Crippen LogP contribution in [0.15, 0.2) is 12.4 Å². The van der Waals surface area contributed by atoms with E-state index in [9.17, 15) is 8.42 Å². The van der Waals surface area contributed by atoms with Gasteiger partial charge in [0.15, 0.2) is 0 Å². The molecule has 0 saturated carbocycles. The van der Waals surface area contributed by atoms with Gasteiger partial charge in [0.05, 0.1) is 24.9 Å². The third-order valence-corrected chi connectivity index (χ3v) is 8.79. The molecule has 0 bridgehead atoms. The van der Waals surface area contributed by atoms with E-state index in [4.69, 9.17) is 20.4 Å². The maximum atomic E-state index is 12.7. The van der Waals surface area contributed by atoms with E-state index in [1.165, 1.54) is 0 Å². The van der Waals surface area contributed by atoms with Crippen LogP contribution in [0.5, 0.6) is 0 Å². The van der Waals surface area contributed by atoms with Crippen LogP contribution >= 0.6 is 0 Å². The van der Waals surface area contributed by atoms with Gasteiger partial charge >= 0.3 is 0 Å². The van der Waals surface area contributed by atoms with Gasteiger partial charge in [0.25, 0.3) is 10.2 Å². The Morgan fingerprint density at radius 1 is 0.970 bits per heavy atom. The molecule has 3 saturated heterocycles. The summed E-state index contributed by atoms with van der Waals surface area (Å²) in [6, 6.07) is 0.102. The standard InChI is InChI=1S/C20H27N9O3S/c21-19-22-10-14(11-23-19)17-16-2-5-29(15-12-28(13-15)33(30,31)27-3-1-4-27)18(16)25-20(24-17)26-6-8-32-9-7-26/h10-11,15H,1-9,12-13H2,(H2,21,22,23). The first kappa shape index (κ1) is 21.0. The first-order valence-electron chi connectivity index (χ1n) is 11.3. The summed E-state index contributed by atoms with van der Waals surface area (Å²) in [6.07, 6.45) is 5.12. The zero-order valence-electron chi connectivity index (χ0n) is 18.3. The number of hydrogen-bond acceptors (Lipinski definition) is 10. The van der Waals surface area contributed by atoms with Crippen LogP contribution in [0.2, 0.25) is 0 Å². The van der Waals surface area contributed by atoms with Crippen molar-refractivity contribution in [1.29, 1.82) is 0 Å². The smallest absolute Gasteiger partial charge is 0.282 e. The number of rotatable bonds is 5. The number of aromatic nitrogens is 4. The molecule has 2 N–H and O–H groups in total. The number of nitrogens with zero attached hydrogens (tertiary/aromatic N) is 8. The maximum absolute atomic E-state index is 12.7. The molecule has 12 nitrogen and oxygen atoms in total. The summed E-state index contributed by atoms with van der Waals surface area (Å²) < 4.78 is 34.0. The zero-order chi connectivity index (χ0) is 22.6. The molecule has 0 spiro atoms. The second kappa shape index (κ2) is 8.01. The summed E-state index contributed by atoms with van der Waals surface area (Å²) in [5.41, 5.74) is 8.35. The van der Waals surface area contributed by atoms with Gasteiger partial charge in [-0.3, -0.25) is 0 Å². The summed E-state index contributed by atoms with van der Waals surface area (Å²) in [4.78, 5) is 22.5. The second-order valence-corrected chi connectivity index (χ2v) is 10.7. The molecule has 0 amide bonds. The fraction of sp³-hybridized carbons (Fsp3) is 0.600. The molecule has 33 heavy (non-hydrogen) atoms. The Morgan fingerprint density at radius 2 is 1.70 bits per heavy atom. The Hall–Kier alpha value is -2.61. The van der Waals surface area contributed by atoms with E-state index < -0.39 is 10.2 Å². The van der Waals surface area contributed by atoms with Crippen LogP contribution in [-0.2, 0) is 21.4 Å². The van der Waals surface area contributed by atoms with Crippen molar-refractivity contribution >= 4 is 27.9 Å². The molecule has 0 radical (unpaired) electrons. The van der Waals surface area contributed by atoms with Crippen LogP contribution in [0.4, 0.5) is 17.7 Å². The van der Waals surface area contributed by atoms with Crippen LogP contribution in [0, 0.1) is 0 Å². The van der Waals surface area contributed by atoms with E-state index >= 15 is 0 Å². The highest BCUT2D eigenvalue weighted by molar-refractivity contribution is 7.86. The molecule has 6 rings (SSSR count). The fourth-order valence-electron chi connectivity index (χ4n) is 4.71. The van der Waals surface area contributed by atoms with Crippen molar-refractivity contribution in [2.75, 3.05) is 74.6 Å². The minimum atomic E-state index is -3.33. The molecule has 2 aromatic rings. The van der Waals surface area contributed by atoms with Gasteiger partial charge < -0.3 is 20.3 Å². The highest BCUT2D eigenvalue weighted by Crippen LogP contribution is 2.38. The quantitative estimate of drug-likeness (QED) is 0.597. The van der Waals surface area contributed by atoms with E-state index in [1.54, 1.807) is 21.0 Å². The van der Waals surface area contributed by atoms with Crippen LogP contribution < -0.4 is 15.5 Å². The first-order chi connectivity index (χ1) is 16.0. The van der Waals surface area contributed by atoms with E-state index in [-0.39, 0.29) is 12.0 Å². The van der Waals surface area contributed by atoms with Gasteiger partial charge in [-0.25, -0.2) is 15.0 Å². The van der Waals surface area contributed by atoms with Crippen molar-refractivity contribution in [3.8, 4) is 11.3 Å². The predicted molar refractivity (Wildman–Crippen MR) is 122 cm³/mol. The highest BCUT2D eigenvalue weighted by Gasteiger charge is 2.45. The lowest BCUT2D eigenvalue weighted by molar-refractivity contribution is 0.122. The van der Waals surface area contributed by atoms with Crippen molar-refractivity contribution in [2.24, 2.45) is 0 Å². The minimum absolute atomic E-state index is 0.102. The number of morpholine rings is 1. The van der Waals surface area contributed by atoms with Crippen molar-refractivity contribution in [2.45, 2.75) is 18.9 Å². The summed E-state index contributed by atoms with van der Waals surface area (Å²) in [5.74, 6) is 1.75. The average molecular weight is 474 g/mol. The topological polar surface area (TPSA) is 134 Å². The van der Waals surface area contributed by atoms with Gasteiger partial charge in [0.2, 0.25) is 11.9 Å². The van der Waals surface area contributed by atoms with Gasteiger partial charge in [-0.2, -0.15) is 22.0 Å². The van der Waals surface area contributed by atoms with E-state index in [0.29, 0.717) is 45.3 Å². The predicted octanol–water partition coefficient (Wildman–Crippen LogP) is -0.650. The molecule has 0 unspecified atom stereocenters. The zero-order valence-corrected chi connectivity index (χ0v) is 19.1. The largest absolute Gasteiger partial charge is 0.378 e. The molecule has 0 aromatic carbocycles. The maximum Gasteiger partial charge on any atom is 0.282 e. The van der Waals surface area contributed by atoms with Crippen molar-refractivity contribution < 1.29 is 13.2 Å². The number of nitrogen functional groups attached to an aromatic ring is 1. The van der Waals surface area contributed by atoms with E-state index in [1.807, 2.05) is 0 Å². The summed E-state index contributed by atoms with van der Waals surface area (Å²) in [7, 11) is -3.33. The Bertz CT molecular complexity index is 1140. The molecule has 3 fully saturated rings. The number of hydrogen-bond donors (Lipinski definition) is 1. The van der Waals surface area contributed by atoms with Crippen molar-refractivity contribution in [3.05, 3.63) is 18.0 Å². The van der Waals surface area contributed by atoms with Gasteiger partial charge in [0.1, 0.15) is 5.82 Å². The molecular weight excluding hydrogens is 446 g/mol. The average Bonchev–Trinajstić information content (AvgIpc) is 3.15. The minimum Gasteiger partial charge on any atom is -0.378 e. The van der Waals surface area contributed by atoms with Crippen LogP contribution in [-0.4, -0.2) is 102 Å². The normalized spacial score (nSPS) is 22.2. The number of fused-ring (bicyclic) bond motifs is 1. The fourth-order valence-corrected chi connectivity index (χ4v) is 6.48. The highest BCUT2D eigenvalue weighted by atomic mass is 32.2. The number of anilines is 3. The van der Waals surface area contributed by atoms with Gasteiger partial charge in [0, 0.05) is 69.3 Å². The molecular formula is C20H27N9O3S. The number of ether oxygens (including phenoxy) is 1. The summed E-state index contributed by atoms with van der Waals surface area (Å²) in [5, 5.41) is 0. The monoisotopic (exact) mass is 473 g/mol. The summed E-state index contributed by atoms with van der Waals surface area (Å²) >= 11 is 0. The molecule has 2 aromatic heterocycles. The van der Waals surface area contributed by atoms with Crippen LogP contribution in [0.1, 0.15) is 12.0 Å². The SMILES string of the molecule is Nc1ncc(-c2nc(N3CCOCC3)nc3c2CCN3C2CN(S(=O)(=O)N3CCC3)C2)cn1. The third-order valence-electron chi connectivity index (χ3n) is 6.82. The second-order valence-electron chi connectivity index (χ2n) is 8.78. The van der Waals surface area contributed by atoms with Gasteiger partial charge in [-0.1, -0.05) is 0 Å². The Morgan fingerprint density at radius 3 is 2.36 bits per heavy atom. The lowest BCUT2D eigenvalue weighted by Gasteiger charge is -2.46.